The number of amides is 2. The van der Waals surface area contributed by atoms with Gasteiger partial charge in [-0.1, -0.05) is 13.0 Å². The first kappa shape index (κ1) is 13.1. The molecule has 0 radical (unpaired) electrons. The van der Waals surface area contributed by atoms with Gasteiger partial charge in [0.25, 0.3) is 5.91 Å². The predicted molar refractivity (Wildman–Crippen MR) is 72.4 cm³/mol. The Labute approximate surface area is 111 Å². The van der Waals surface area contributed by atoms with E-state index in [0.29, 0.717) is 29.0 Å². The van der Waals surface area contributed by atoms with Crippen LogP contribution in [0.5, 0.6) is 0 Å². The standard InChI is InChI=1S/C14H16N2O3/c1-3-4-11(19-2)12-9-6-5-8(13(15)17)7-10(9)16-14(12)18/h5-7H,3-4H2,1-2H3,(H2,15,17)(H,16,18). The maximum absolute atomic E-state index is 12.0. The Hall–Kier alpha value is -2.30. The van der Waals surface area contributed by atoms with E-state index < -0.39 is 5.91 Å². The van der Waals surface area contributed by atoms with Gasteiger partial charge in [0, 0.05) is 17.5 Å². The number of rotatable bonds is 4. The number of hydrogen-bond donors (Lipinski definition) is 2. The van der Waals surface area contributed by atoms with Crippen molar-refractivity contribution in [1.82, 2.24) is 0 Å². The van der Waals surface area contributed by atoms with Crippen LogP contribution >= 0.6 is 0 Å². The quantitative estimate of drug-likeness (QED) is 0.640. The summed E-state index contributed by atoms with van der Waals surface area (Å²) >= 11 is 0. The van der Waals surface area contributed by atoms with Gasteiger partial charge in [0.2, 0.25) is 5.91 Å². The van der Waals surface area contributed by atoms with Crippen LogP contribution in [0.15, 0.2) is 24.0 Å². The molecule has 0 spiro atoms. The van der Waals surface area contributed by atoms with Crippen molar-refractivity contribution in [2.45, 2.75) is 19.8 Å². The Bertz CT molecular complexity index is 576. The van der Waals surface area contributed by atoms with E-state index in [1.165, 1.54) is 0 Å². The Balaban J connectivity index is 2.53. The van der Waals surface area contributed by atoms with Gasteiger partial charge in [0.15, 0.2) is 0 Å². The minimum absolute atomic E-state index is 0.207. The number of ether oxygens (including phenoxy) is 1. The molecule has 100 valence electrons. The van der Waals surface area contributed by atoms with Gasteiger partial charge in [-0.25, -0.2) is 0 Å². The maximum Gasteiger partial charge on any atom is 0.259 e. The minimum atomic E-state index is -0.519. The molecule has 0 fully saturated rings. The summed E-state index contributed by atoms with van der Waals surface area (Å²) in [5.41, 5.74) is 7.48. The lowest BCUT2D eigenvalue weighted by molar-refractivity contribution is -0.111. The molecule has 2 amide bonds. The first-order valence-electron chi connectivity index (χ1n) is 6.11. The van der Waals surface area contributed by atoms with Crippen LogP contribution in [-0.4, -0.2) is 18.9 Å². The number of hydrogen-bond acceptors (Lipinski definition) is 3. The number of anilines is 1. The zero-order chi connectivity index (χ0) is 14.0. The lowest BCUT2D eigenvalue weighted by Gasteiger charge is -2.08. The Morgan fingerprint density at radius 3 is 2.74 bits per heavy atom. The van der Waals surface area contributed by atoms with E-state index in [9.17, 15) is 9.59 Å². The summed E-state index contributed by atoms with van der Waals surface area (Å²) in [4.78, 5) is 23.2. The van der Waals surface area contributed by atoms with E-state index in [2.05, 4.69) is 5.32 Å². The summed E-state index contributed by atoms with van der Waals surface area (Å²) in [6.07, 6.45) is 1.57. The van der Waals surface area contributed by atoms with Crippen molar-refractivity contribution in [3.05, 3.63) is 35.1 Å². The average molecular weight is 260 g/mol. The van der Waals surface area contributed by atoms with Crippen LogP contribution in [0.4, 0.5) is 5.69 Å². The van der Waals surface area contributed by atoms with E-state index in [0.717, 1.165) is 12.0 Å². The highest BCUT2D eigenvalue weighted by Gasteiger charge is 2.28. The Kier molecular flexibility index (Phi) is 3.55. The summed E-state index contributed by atoms with van der Waals surface area (Å²) in [5, 5.41) is 2.73. The summed E-state index contributed by atoms with van der Waals surface area (Å²) in [6, 6.07) is 4.92. The number of allylic oxidation sites excluding steroid dienone is 1. The van der Waals surface area contributed by atoms with E-state index in [-0.39, 0.29) is 5.91 Å². The normalized spacial score (nSPS) is 15.8. The monoisotopic (exact) mass is 260 g/mol. The van der Waals surface area contributed by atoms with Crippen LogP contribution in [0, 0.1) is 0 Å². The first-order chi connectivity index (χ1) is 9.08. The highest BCUT2D eigenvalue weighted by atomic mass is 16.5. The van der Waals surface area contributed by atoms with Gasteiger partial charge < -0.3 is 15.8 Å². The Morgan fingerprint density at radius 1 is 1.42 bits per heavy atom. The summed E-state index contributed by atoms with van der Waals surface area (Å²) in [5.74, 6) is -0.0671. The van der Waals surface area contributed by atoms with Crippen molar-refractivity contribution in [2.24, 2.45) is 5.73 Å². The molecule has 5 nitrogen and oxygen atoms in total. The van der Waals surface area contributed by atoms with Crippen molar-refractivity contribution < 1.29 is 14.3 Å². The molecule has 1 heterocycles. The molecule has 2 rings (SSSR count). The topological polar surface area (TPSA) is 81.4 Å². The number of nitrogens with one attached hydrogen (secondary N) is 1. The summed E-state index contributed by atoms with van der Waals surface area (Å²) in [7, 11) is 1.56. The van der Waals surface area contributed by atoms with Crippen LogP contribution in [0.2, 0.25) is 0 Å². The van der Waals surface area contributed by atoms with E-state index >= 15 is 0 Å². The SMILES string of the molecule is CCCC(OC)=C1C(=O)Nc2cc(C(N)=O)ccc21. The zero-order valence-corrected chi connectivity index (χ0v) is 10.9. The number of nitrogens with two attached hydrogens (primary N) is 1. The van der Waals surface area contributed by atoms with E-state index in [1.54, 1.807) is 25.3 Å². The number of carbonyl (C=O) groups excluding carboxylic acids is 2. The van der Waals surface area contributed by atoms with Gasteiger partial charge in [0.1, 0.15) is 5.76 Å². The number of carbonyl (C=O) groups is 2. The first-order valence-corrected chi connectivity index (χ1v) is 6.11. The number of fused-ring (bicyclic) bond motifs is 1. The van der Waals surface area contributed by atoms with Gasteiger partial charge >= 0.3 is 0 Å². The highest BCUT2D eigenvalue weighted by molar-refractivity contribution is 6.32. The average Bonchev–Trinajstić information content (AvgIpc) is 2.71. The van der Waals surface area contributed by atoms with Gasteiger partial charge in [-0.3, -0.25) is 9.59 Å². The smallest absolute Gasteiger partial charge is 0.259 e. The van der Waals surface area contributed by atoms with E-state index in [4.69, 9.17) is 10.5 Å². The summed E-state index contributed by atoms with van der Waals surface area (Å²) < 4.78 is 5.31. The molecular weight excluding hydrogens is 244 g/mol. The summed E-state index contributed by atoms with van der Waals surface area (Å²) in [6.45, 7) is 2.02. The molecule has 0 saturated heterocycles. The minimum Gasteiger partial charge on any atom is -0.500 e. The lowest BCUT2D eigenvalue weighted by atomic mass is 10.0. The second-order valence-corrected chi connectivity index (χ2v) is 4.33. The van der Waals surface area contributed by atoms with Crippen molar-refractivity contribution in [3.63, 3.8) is 0 Å². The molecule has 0 bridgehead atoms. The fourth-order valence-corrected chi connectivity index (χ4v) is 2.16. The second kappa shape index (κ2) is 5.14. The molecule has 3 N–H and O–H groups in total. The van der Waals surface area contributed by atoms with Gasteiger partial charge in [-0.2, -0.15) is 0 Å². The van der Waals surface area contributed by atoms with E-state index in [1.807, 2.05) is 6.92 Å². The fraction of sp³-hybridized carbons (Fsp3) is 0.286. The van der Waals surface area contributed by atoms with Crippen LogP contribution < -0.4 is 11.1 Å². The van der Waals surface area contributed by atoms with Crippen LogP contribution in [0.25, 0.3) is 5.57 Å². The maximum atomic E-state index is 12.0. The molecular formula is C14H16N2O3. The molecule has 0 unspecified atom stereocenters. The molecule has 0 atom stereocenters. The molecule has 1 aliphatic heterocycles. The molecule has 5 heteroatoms. The molecule has 0 aromatic heterocycles. The number of methoxy groups -OCH3 is 1. The largest absolute Gasteiger partial charge is 0.500 e. The van der Waals surface area contributed by atoms with Gasteiger partial charge in [-0.05, 0) is 18.6 Å². The third-order valence-electron chi connectivity index (χ3n) is 3.05. The third kappa shape index (κ3) is 2.31. The van der Waals surface area contributed by atoms with Crippen molar-refractivity contribution in [3.8, 4) is 0 Å². The van der Waals surface area contributed by atoms with Gasteiger partial charge in [0.05, 0.1) is 18.4 Å². The third-order valence-corrected chi connectivity index (χ3v) is 3.05. The number of primary amides is 1. The molecule has 0 saturated carbocycles. The van der Waals surface area contributed by atoms with Crippen molar-refractivity contribution >= 4 is 23.1 Å². The van der Waals surface area contributed by atoms with Crippen molar-refractivity contribution in [2.75, 3.05) is 12.4 Å². The fourth-order valence-electron chi connectivity index (χ4n) is 2.16. The molecule has 1 aromatic carbocycles. The zero-order valence-electron chi connectivity index (χ0n) is 10.9. The molecule has 1 aromatic rings. The second-order valence-electron chi connectivity index (χ2n) is 4.33. The molecule has 0 aliphatic carbocycles. The molecule has 19 heavy (non-hydrogen) atoms. The van der Waals surface area contributed by atoms with Crippen molar-refractivity contribution in [1.29, 1.82) is 0 Å². The van der Waals surface area contributed by atoms with Crippen LogP contribution in [-0.2, 0) is 9.53 Å². The predicted octanol–water partition coefficient (Wildman–Crippen LogP) is 1.90. The highest BCUT2D eigenvalue weighted by Crippen LogP contribution is 2.35. The van der Waals surface area contributed by atoms with Crippen LogP contribution in [0.3, 0.4) is 0 Å². The Morgan fingerprint density at radius 2 is 2.16 bits per heavy atom. The van der Waals surface area contributed by atoms with Crippen LogP contribution in [0.1, 0.15) is 35.7 Å². The molecule has 1 aliphatic rings. The number of benzene rings is 1. The van der Waals surface area contributed by atoms with Gasteiger partial charge in [-0.15, -0.1) is 0 Å². The lowest BCUT2D eigenvalue weighted by Crippen LogP contribution is -2.11.